The lowest BCUT2D eigenvalue weighted by Gasteiger charge is -2.28. The summed E-state index contributed by atoms with van der Waals surface area (Å²) < 4.78 is 45.1. The van der Waals surface area contributed by atoms with Crippen molar-refractivity contribution in [2.45, 2.75) is 46.0 Å². The molecule has 186 valence electrons. The van der Waals surface area contributed by atoms with Gasteiger partial charge < -0.3 is 9.64 Å². The highest BCUT2D eigenvalue weighted by molar-refractivity contribution is 5.82. The van der Waals surface area contributed by atoms with Crippen LogP contribution in [0.4, 0.5) is 23.8 Å². The van der Waals surface area contributed by atoms with Crippen molar-refractivity contribution in [3.05, 3.63) is 70.8 Å². The van der Waals surface area contributed by atoms with Gasteiger partial charge in [0.15, 0.2) is 0 Å². The molecular formula is C27H30F3N3O2. The van der Waals surface area contributed by atoms with E-state index in [2.05, 4.69) is 11.8 Å². The van der Waals surface area contributed by atoms with Crippen LogP contribution in [0.3, 0.4) is 0 Å². The first-order valence-corrected chi connectivity index (χ1v) is 11.8. The summed E-state index contributed by atoms with van der Waals surface area (Å²) in [5.41, 5.74) is 1.84. The van der Waals surface area contributed by atoms with Gasteiger partial charge in [-0.05, 0) is 62.4 Å². The Kier molecular flexibility index (Phi) is 7.19. The van der Waals surface area contributed by atoms with E-state index >= 15 is 0 Å². The molecule has 2 aromatic carbocycles. The Hall–Kier alpha value is -3.29. The van der Waals surface area contributed by atoms with Crippen molar-refractivity contribution >= 4 is 22.8 Å². The molecule has 0 bridgehead atoms. The number of methoxy groups -OCH3 is 1. The number of aryl methyl sites for hydroxylation is 1. The number of benzene rings is 2. The van der Waals surface area contributed by atoms with Gasteiger partial charge in [-0.15, -0.1) is 0 Å². The van der Waals surface area contributed by atoms with Gasteiger partial charge in [0.1, 0.15) is 5.82 Å². The molecule has 1 amide bonds. The number of alkyl halides is 3. The minimum absolute atomic E-state index is 0.0154. The largest absolute Gasteiger partial charge is 0.453 e. The Labute approximate surface area is 203 Å². The molecule has 0 atom stereocenters. The number of rotatable bonds is 8. The van der Waals surface area contributed by atoms with Crippen LogP contribution >= 0.6 is 0 Å². The molecular weight excluding hydrogens is 455 g/mol. The summed E-state index contributed by atoms with van der Waals surface area (Å²) >= 11 is 0. The van der Waals surface area contributed by atoms with Gasteiger partial charge in [0.25, 0.3) is 0 Å². The maximum absolute atomic E-state index is 13.4. The van der Waals surface area contributed by atoms with E-state index in [0.717, 1.165) is 47.5 Å². The Morgan fingerprint density at radius 1 is 1.11 bits per heavy atom. The number of para-hydroxylation sites is 1. The predicted molar refractivity (Wildman–Crippen MR) is 130 cm³/mol. The average molecular weight is 486 g/mol. The molecule has 0 spiro atoms. The minimum atomic E-state index is -4.46. The van der Waals surface area contributed by atoms with E-state index in [9.17, 15) is 18.0 Å². The number of ether oxygens (including phenoxy) is 1. The number of hydrogen-bond donors (Lipinski definition) is 0. The standard InChI is InChI=1S/C27H30F3N3O2/c1-4-32(15-19-9-10-19)25-22(14-21-7-5-6-8-24(21)31-25)17-33(26(34)35-3)16-20-11-18(2)12-23(13-20)27(28,29)30/h5-8,11-14,19H,4,9-10,15-17H2,1-3H3. The molecule has 35 heavy (non-hydrogen) atoms. The summed E-state index contributed by atoms with van der Waals surface area (Å²) in [6.45, 7) is 5.49. The zero-order chi connectivity index (χ0) is 25.2. The Morgan fingerprint density at radius 2 is 1.86 bits per heavy atom. The summed E-state index contributed by atoms with van der Waals surface area (Å²) in [7, 11) is 1.28. The first-order chi connectivity index (χ1) is 16.7. The summed E-state index contributed by atoms with van der Waals surface area (Å²) in [4.78, 5) is 21.3. The van der Waals surface area contributed by atoms with Crippen molar-refractivity contribution in [2.24, 2.45) is 5.92 Å². The predicted octanol–water partition coefficient (Wildman–Crippen LogP) is 6.57. The Balaban J connectivity index is 1.71. The summed E-state index contributed by atoms with van der Waals surface area (Å²) in [5.74, 6) is 1.44. The van der Waals surface area contributed by atoms with Crippen LogP contribution in [0.25, 0.3) is 10.9 Å². The van der Waals surface area contributed by atoms with Gasteiger partial charge in [-0.25, -0.2) is 9.78 Å². The normalized spacial score (nSPS) is 13.7. The van der Waals surface area contributed by atoms with Crippen molar-refractivity contribution in [1.82, 2.24) is 9.88 Å². The second-order valence-electron chi connectivity index (χ2n) is 9.18. The highest BCUT2D eigenvalue weighted by atomic mass is 19.4. The van der Waals surface area contributed by atoms with Crippen molar-refractivity contribution < 1.29 is 22.7 Å². The first kappa shape index (κ1) is 24.8. The highest BCUT2D eigenvalue weighted by Gasteiger charge is 2.31. The number of carbonyl (C=O) groups excluding carboxylic acids is 1. The van der Waals surface area contributed by atoms with Crippen LogP contribution < -0.4 is 4.90 Å². The van der Waals surface area contributed by atoms with Gasteiger partial charge in [0.2, 0.25) is 0 Å². The van der Waals surface area contributed by atoms with Crippen molar-refractivity contribution in [3.63, 3.8) is 0 Å². The third-order valence-corrected chi connectivity index (χ3v) is 6.27. The van der Waals surface area contributed by atoms with Crippen molar-refractivity contribution in [1.29, 1.82) is 0 Å². The lowest BCUT2D eigenvalue weighted by Crippen LogP contribution is -2.32. The molecule has 0 radical (unpaired) electrons. The fourth-order valence-electron chi connectivity index (χ4n) is 4.37. The number of hydrogen-bond acceptors (Lipinski definition) is 4. The van der Waals surface area contributed by atoms with E-state index in [-0.39, 0.29) is 13.1 Å². The number of nitrogens with zero attached hydrogens (tertiary/aromatic N) is 3. The van der Waals surface area contributed by atoms with Gasteiger partial charge in [0, 0.05) is 30.6 Å². The Morgan fingerprint density at radius 3 is 2.51 bits per heavy atom. The van der Waals surface area contributed by atoms with Crippen LogP contribution in [0.15, 0.2) is 48.5 Å². The fraction of sp³-hybridized carbons (Fsp3) is 0.407. The number of fused-ring (bicyclic) bond motifs is 1. The first-order valence-electron chi connectivity index (χ1n) is 11.8. The van der Waals surface area contributed by atoms with Crippen LogP contribution in [0.1, 0.15) is 42.0 Å². The molecule has 1 saturated carbocycles. The molecule has 3 aromatic rings. The fourth-order valence-corrected chi connectivity index (χ4v) is 4.37. The zero-order valence-electron chi connectivity index (χ0n) is 20.2. The quantitative estimate of drug-likeness (QED) is 0.362. The third-order valence-electron chi connectivity index (χ3n) is 6.27. The molecule has 8 heteroatoms. The van der Waals surface area contributed by atoms with Crippen LogP contribution in [0, 0.1) is 12.8 Å². The molecule has 0 saturated heterocycles. The maximum atomic E-state index is 13.4. The van der Waals surface area contributed by atoms with Gasteiger partial charge >= 0.3 is 12.3 Å². The monoisotopic (exact) mass is 485 g/mol. The molecule has 5 nitrogen and oxygen atoms in total. The summed E-state index contributed by atoms with van der Waals surface area (Å²) in [6, 6.07) is 13.7. The van der Waals surface area contributed by atoms with E-state index in [1.54, 1.807) is 13.0 Å². The van der Waals surface area contributed by atoms with Crippen LogP contribution in [-0.4, -0.2) is 36.2 Å². The van der Waals surface area contributed by atoms with Crippen molar-refractivity contribution in [2.75, 3.05) is 25.1 Å². The van der Waals surface area contributed by atoms with E-state index in [1.165, 1.54) is 24.9 Å². The number of amides is 1. The number of pyridine rings is 1. The van der Waals surface area contributed by atoms with E-state index in [0.29, 0.717) is 17.0 Å². The highest BCUT2D eigenvalue weighted by Crippen LogP contribution is 2.34. The lowest BCUT2D eigenvalue weighted by molar-refractivity contribution is -0.137. The van der Waals surface area contributed by atoms with Crippen LogP contribution in [0.5, 0.6) is 0 Å². The maximum Gasteiger partial charge on any atom is 0.416 e. The number of aromatic nitrogens is 1. The SMILES string of the molecule is CCN(CC1CC1)c1nc2ccccc2cc1CN(Cc1cc(C)cc(C(F)(F)F)c1)C(=O)OC. The van der Waals surface area contributed by atoms with Gasteiger partial charge in [-0.3, -0.25) is 4.90 Å². The van der Waals surface area contributed by atoms with Gasteiger partial charge in [0.05, 0.1) is 24.7 Å². The summed E-state index contributed by atoms with van der Waals surface area (Å²) in [6.07, 6.45) is -2.67. The molecule has 4 rings (SSSR count). The summed E-state index contributed by atoms with van der Waals surface area (Å²) in [5, 5.41) is 0.938. The van der Waals surface area contributed by atoms with Crippen LogP contribution in [0.2, 0.25) is 0 Å². The van der Waals surface area contributed by atoms with E-state index in [1.807, 2.05) is 30.3 Å². The van der Waals surface area contributed by atoms with E-state index < -0.39 is 17.8 Å². The molecule has 1 aliphatic rings. The molecule has 1 heterocycles. The topological polar surface area (TPSA) is 45.7 Å². The van der Waals surface area contributed by atoms with Gasteiger partial charge in [-0.2, -0.15) is 13.2 Å². The van der Waals surface area contributed by atoms with Gasteiger partial charge in [-0.1, -0.05) is 29.8 Å². The number of anilines is 1. The van der Waals surface area contributed by atoms with Crippen molar-refractivity contribution in [3.8, 4) is 0 Å². The molecule has 1 fully saturated rings. The second kappa shape index (κ2) is 10.1. The minimum Gasteiger partial charge on any atom is -0.453 e. The molecule has 1 aromatic heterocycles. The lowest BCUT2D eigenvalue weighted by atomic mass is 10.1. The molecule has 0 N–H and O–H groups in total. The number of carbonyl (C=O) groups is 1. The smallest absolute Gasteiger partial charge is 0.416 e. The Bertz CT molecular complexity index is 1210. The molecule has 0 aliphatic heterocycles. The second-order valence-corrected chi connectivity index (χ2v) is 9.18. The van der Waals surface area contributed by atoms with Crippen LogP contribution in [-0.2, 0) is 24.0 Å². The number of halogens is 3. The molecule has 0 unspecified atom stereocenters. The third kappa shape index (κ3) is 6.05. The average Bonchev–Trinajstić information content (AvgIpc) is 3.64. The zero-order valence-corrected chi connectivity index (χ0v) is 20.2. The van der Waals surface area contributed by atoms with E-state index in [4.69, 9.17) is 9.72 Å². The molecule has 1 aliphatic carbocycles.